The number of amides is 1. The molecule has 0 saturated heterocycles. The molecule has 2 N–H and O–H groups in total. The van der Waals surface area contributed by atoms with E-state index in [9.17, 15) is 13.2 Å². The predicted molar refractivity (Wildman–Crippen MR) is 73.6 cm³/mol. The Kier molecular flexibility index (Phi) is 4.73. The van der Waals surface area contributed by atoms with Gasteiger partial charge in [-0.1, -0.05) is 30.3 Å². The third kappa shape index (κ3) is 4.66. The van der Waals surface area contributed by atoms with Crippen LogP contribution in [0.15, 0.2) is 36.9 Å². The minimum Gasteiger partial charge on any atom is -0.342 e. The van der Waals surface area contributed by atoms with Gasteiger partial charge in [-0.3, -0.25) is 9.35 Å². The van der Waals surface area contributed by atoms with Crippen LogP contribution < -0.4 is 5.32 Å². The van der Waals surface area contributed by atoms with Gasteiger partial charge in [0.05, 0.1) is 5.54 Å². The molecule has 1 rings (SSSR count). The third-order valence-electron chi connectivity index (χ3n) is 2.54. The fourth-order valence-corrected chi connectivity index (χ4v) is 2.79. The van der Waals surface area contributed by atoms with Crippen LogP contribution in [-0.2, 0) is 20.5 Å². The number of carbonyl (C=O) groups excluding carboxylic acids is 1. The van der Waals surface area contributed by atoms with E-state index < -0.39 is 27.3 Å². The largest absolute Gasteiger partial charge is 0.342 e. The smallest absolute Gasteiger partial charge is 0.267 e. The Bertz CT molecular complexity index is 582. The molecule has 1 unspecified atom stereocenters. The number of hydrogen-bond acceptors (Lipinski definition) is 3. The van der Waals surface area contributed by atoms with Crippen molar-refractivity contribution in [2.24, 2.45) is 0 Å². The van der Waals surface area contributed by atoms with Crippen LogP contribution in [0.4, 0.5) is 0 Å². The van der Waals surface area contributed by atoms with Gasteiger partial charge >= 0.3 is 0 Å². The second-order valence-corrected chi connectivity index (χ2v) is 6.15. The topological polar surface area (TPSA) is 83.5 Å². The van der Waals surface area contributed by atoms with Crippen LogP contribution in [0.25, 0.3) is 0 Å². The standard InChI is InChI=1S/C12H14ClNO4S/c1-3-11(15)14-12(2,8-19(16,17)18)9-4-6-10(13)7-5-9/h3-7H,1,8H2,2H3,(H,14,15)(H,16,17,18). The van der Waals surface area contributed by atoms with Crippen molar-refractivity contribution in [2.45, 2.75) is 12.5 Å². The second kappa shape index (κ2) is 5.73. The van der Waals surface area contributed by atoms with E-state index in [0.29, 0.717) is 10.6 Å². The highest BCUT2D eigenvalue weighted by Gasteiger charge is 2.33. The first-order valence-corrected chi connectivity index (χ1v) is 7.31. The van der Waals surface area contributed by atoms with Crippen LogP contribution in [0, 0.1) is 0 Å². The quantitative estimate of drug-likeness (QED) is 0.641. The maximum absolute atomic E-state index is 11.4. The SMILES string of the molecule is C=CC(=O)NC(C)(CS(=O)(=O)O)c1ccc(Cl)cc1. The summed E-state index contributed by atoms with van der Waals surface area (Å²) in [6.45, 7) is 4.80. The minimum atomic E-state index is -4.28. The maximum atomic E-state index is 11.4. The molecule has 0 aliphatic heterocycles. The zero-order valence-electron chi connectivity index (χ0n) is 10.3. The van der Waals surface area contributed by atoms with Crippen LogP contribution in [0.2, 0.25) is 5.02 Å². The molecule has 0 aliphatic carbocycles. The molecule has 1 aromatic rings. The molecule has 5 nitrogen and oxygen atoms in total. The number of halogens is 1. The maximum Gasteiger partial charge on any atom is 0.267 e. The molecule has 0 heterocycles. The van der Waals surface area contributed by atoms with E-state index in [0.717, 1.165) is 6.08 Å². The lowest BCUT2D eigenvalue weighted by molar-refractivity contribution is -0.118. The van der Waals surface area contributed by atoms with Crippen molar-refractivity contribution in [1.82, 2.24) is 5.32 Å². The Labute approximate surface area is 117 Å². The van der Waals surface area contributed by atoms with E-state index in [1.807, 2.05) is 0 Å². The molecule has 1 aromatic carbocycles. The molecule has 1 atom stereocenters. The van der Waals surface area contributed by atoms with Gasteiger partial charge in [0.1, 0.15) is 5.75 Å². The minimum absolute atomic E-state index is 0.480. The van der Waals surface area contributed by atoms with Crippen LogP contribution in [0.5, 0.6) is 0 Å². The lowest BCUT2D eigenvalue weighted by Gasteiger charge is -2.29. The lowest BCUT2D eigenvalue weighted by Crippen LogP contribution is -2.47. The van der Waals surface area contributed by atoms with Crippen molar-refractivity contribution in [3.63, 3.8) is 0 Å². The highest BCUT2D eigenvalue weighted by atomic mass is 35.5. The number of hydrogen-bond donors (Lipinski definition) is 2. The van der Waals surface area contributed by atoms with Crippen LogP contribution in [0.1, 0.15) is 12.5 Å². The number of carbonyl (C=O) groups is 1. The van der Waals surface area contributed by atoms with Crippen molar-refractivity contribution < 1.29 is 17.8 Å². The summed E-state index contributed by atoms with van der Waals surface area (Å²) >= 11 is 5.76. The van der Waals surface area contributed by atoms with Crippen molar-refractivity contribution in [2.75, 3.05) is 5.75 Å². The van der Waals surface area contributed by atoms with Gasteiger partial charge < -0.3 is 5.32 Å². The van der Waals surface area contributed by atoms with E-state index in [1.165, 1.54) is 6.92 Å². The first kappa shape index (κ1) is 15.7. The molecule has 19 heavy (non-hydrogen) atoms. The van der Waals surface area contributed by atoms with Gasteiger partial charge in [0, 0.05) is 5.02 Å². The Morgan fingerprint density at radius 3 is 2.42 bits per heavy atom. The summed E-state index contributed by atoms with van der Waals surface area (Å²) in [7, 11) is -4.28. The number of rotatable bonds is 5. The van der Waals surface area contributed by atoms with Gasteiger partial charge in [-0.2, -0.15) is 8.42 Å². The molecule has 0 spiro atoms. The average Bonchev–Trinajstić information content (AvgIpc) is 2.26. The molecule has 0 bridgehead atoms. The van der Waals surface area contributed by atoms with E-state index in [4.69, 9.17) is 16.2 Å². The monoisotopic (exact) mass is 303 g/mol. The molecular formula is C12H14ClNO4S. The molecule has 1 amide bonds. The van der Waals surface area contributed by atoms with Gasteiger partial charge in [0.2, 0.25) is 5.91 Å². The Balaban J connectivity index is 3.21. The molecule has 0 aliphatic rings. The van der Waals surface area contributed by atoms with Gasteiger partial charge in [-0.25, -0.2) is 0 Å². The Morgan fingerprint density at radius 2 is 2.00 bits per heavy atom. The lowest BCUT2D eigenvalue weighted by atomic mass is 9.94. The Hall–Kier alpha value is -1.37. The van der Waals surface area contributed by atoms with E-state index in [-0.39, 0.29) is 0 Å². The first-order chi connectivity index (χ1) is 8.66. The average molecular weight is 304 g/mol. The van der Waals surface area contributed by atoms with Gasteiger partial charge in [0.25, 0.3) is 10.1 Å². The summed E-state index contributed by atoms with van der Waals surface area (Å²) in [6, 6.07) is 6.30. The fraction of sp³-hybridized carbons (Fsp3) is 0.250. The first-order valence-electron chi connectivity index (χ1n) is 5.32. The zero-order chi connectivity index (χ0) is 14.7. The molecule has 0 radical (unpaired) electrons. The van der Waals surface area contributed by atoms with Crippen molar-refractivity contribution in [1.29, 1.82) is 0 Å². The van der Waals surface area contributed by atoms with Gasteiger partial charge in [-0.05, 0) is 30.7 Å². The second-order valence-electron chi connectivity index (χ2n) is 4.26. The zero-order valence-corrected chi connectivity index (χ0v) is 11.8. The van der Waals surface area contributed by atoms with Crippen LogP contribution >= 0.6 is 11.6 Å². The summed E-state index contributed by atoms with van der Waals surface area (Å²) < 4.78 is 31.2. The van der Waals surface area contributed by atoms with Crippen LogP contribution in [-0.4, -0.2) is 24.6 Å². The third-order valence-corrected chi connectivity index (χ3v) is 3.73. The van der Waals surface area contributed by atoms with Gasteiger partial charge in [0.15, 0.2) is 0 Å². The molecule has 0 aromatic heterocycles. The molecule has 0 saturated carbocycles. The van der Waals surface area contributed by atoms with Crippen molar-refractivity contribution in [3.05, 3.63) is 47.5 Å². The Morgan fingerprint density at radius 1 is 1.47 bits per heavy atom. The van der Waals surface area contributed by atoms with E-state index >= 15 is 0 Å². The fourth-order valence-electron chi connectivity index (χ4n) is 1.70. The number of nitrogens with one attached hydrogen (secondary N) is 1. The number of benzene rings is 1. The van der Waals surface area contributed by atoms with Crippen molar-refractivity contribution >= 4 is 27.6 Å². The summed E-state index contributed by atoms with van der Waals surface area (Å²) in [5.41, 5.74) is -0.770. The normalized spacial score (nSPS) is 14.5. The highest BCUT2D eigenvalue weighted by molar-refractivity contribution is 7.85. The molecule has 7 heteroatoms. The summed E-state index contributed by atoms with van der Waals surface area (Å²) in [4.78, 5) is 11.4. The summed E-state index contributed by atoms with van der Waals surface area (Å²) in [5, 5.41) is 2.98. The van der Waals surface area contributed by atoms with Gasteiger partial charge in [-0.15, -0.1) is 0 Å². The van der Waals surface area contributed by atoms with E-state index in [2.05, 4.69) is 11.9 Å². The predicted octanol–water partition coefficient (Wildman–Crippen LogP) is 1.75. The summed E-state index contributed by atoms with van der Waals surface area (Å²) in [6.07, 6.45) is 1.03. The summed E-state index contributed by atoms with van der Waals surface area (Å²) in [5.74, 6) is -1.19. The molecular weight excluding hydrogens is 290 g/mol. The van der Waals surface area contributed by atoms with Crippen LogP contribution in [0.3, 0.4) is 0 Å². The molecule has 104 valence electrons. The van der Waals surface area contributed by atoms with E-state index in [1.54, 1.807) is 24.3 Å². The molecule has 0 fully saturated rings. The highest BCUT2D eigenvalue weighted by Crippen LogP contribution is 2.24. The van der Waals surface area contributed by atoms with Crippen molar-refractivity contribution in [3.8, 4) is 0 Å².